The molecular formula is C8H6ClNO2S2. The highest BCUT2D eigenvalue weighted by atomic mass is 35.5. The van der Waals surface area contributed by atoms with Crippen molar-refractivity contribution in [2.75, 3.05) is 6.26 Å². The molecule has 0 atom stereocenters. The van der Waals surface area contributed by atoms with Gasteiger partial charge in [0.2, 0.25) is 0 Å². The number of sulfone groups is 1. The Morgan fingerprint density at radius 2 is 2.29 bits per heavy atom. The maximum absolute atomic E-state index is 11.1. The van der Waals surface area contributed by atoms with Crippen LogP contribution in [0.25, 0.3) is 6.08 Å². The summed E-state index contributed by atoms with van der Waals surface area (Å²) in [7, 11) is -3.44. The molecule has 0 spiro atoms. The summed E-state index contributed by atoms with van der Waals surface area (Å²) in [6, 6.07) is 4.95. The van der Waals surface area contributed by atoms with Crippen molar-refractivity contribution in [1.82, 2.24) is 0 Å². The number of hydrogen-bond acceptors (Lipinski definition) is 4. The van der Waals surface area contributed by atoms with Crippen LogP contribution in [0.4, 0.5) is 0 Å². The first-order chi connectivity index (χ1) is 6.43. The maximum Gasteiger partial charge on any atom is 0.185 e. The minimum atomic E-state index is -3.44. The summed E-state index contributed by atoms with van der Waals surface area (Å²) >= 11 is 6.88. The van der Waals surface area contributed by atoms with Crippen LogP contribution >= 0.6 is 22.9 Å². The smallest absolute Gasteiger partial charge is 0.185 e. The molecule has 0 unspecified atom stereocenters. The van der Waals surface area contributed by atoms with Gasteiger partial charge in [0.1, 0.15) is 11.0 Å². The minimum absolute atomic E-state index is 0.254. The molecule has 74 valence electrons. The normalized spacial score (nSPS) is 12.5. The van der Waals surface area contributed by atoms with Gasteiger partial charge >= 0.3 is 0 Å². The molecule has 1 aromatic rings. The molecule has 0 aliphatic heterocycles. The average molecular weight is 248 g/mol. The molecule has 0 amide bonds. The van der Waals surface area contributed by atoms with Crippen LogP contribution in [0.5, 0.6) is 0 Å². The Bertz CT molecular complexity index is 508. The number of hydrogen-bond donors (Lipinski definition) is 0. The van der Waals surface area contributed by atoms with Crippen LogP contribution in [-0.2, 0) is 9.84 Å². The molecule has 0 radical (unpaired) electrons. The summed E-state index contributed by atoms with van der Waals surface area (Å²) in [5.41, 5.74) is 0. The van der Waals surface area contributed by atoms with E-state index in [1.807, 2.05) is 0 Å². The lowest BCUT2D eigenvalue weighted by Crippen LogP contribution is -1.97. The highest BCUT2D eigenvalue weighted by Crippen LogP contribution is 2.24. The topological polar surface area (TPSA) is 57.9 Å². The van der Waals surface area contributed by atoms with E-state index in [9.17, 15) is 8.42 Å². The third-order valence-electron chi connectivity index (χ3n) is 1.38. The summed E-state index contributed by atoms with van der Waals surface area (Å²) in [5, 5.41) is 8.60. The van der Waals surface area contributed by atoms with Crippen molar-refractivity contribution in [3.63, 3.8) is 0 Å². The molecule has 0 bridgehead atoms. The summed E-state index contributed by atoms with van der Waals surface area (Å²) in [4.78, 5) is 0.396. The molecule has 0 aliphatic rings. The van der Waals surface area contributed by atoms with Gasteiger partial charge in [-0.05, 0) is 18.2 Å². The molecule has 1 aromatic heterocycles. The SMILES string of the molecule is CS(=O)(=O)C(C#N)=Cc1ccc(Cl)s1. The van der Waals surface area contributed by atoms with E-state index in [0.29, 0.717) is 9.21 Å². The number of rotatable bonds is 2. The number of halogens is 1. The second kappa shape index (κ2) is 4.13. The Hall–Kier alpha value is -0.830. The zero-order chi connectivity index (χ0) is 10.8. The first-order valence-corrected chi connectivity index (χ1v) is 6.59. The maximum atomic E-state index is 11.1. The monoisotopic (exact) mass is 247 g/mol. The van der Waals surface area contributed by atoms with Gasteiger partial charge < -0.3 is 0 Å². The molecule has 3 nitrogen and oxygen atoms in total. The van der Waals surface area contributed by atoms with E-state index in [-0.39, 0.29) is 4.91 Å². The Morgan fingerprint density at radius 1 is 1.64 bits per heavy atom. The molecule has 14 heavy (non-hydrogen) atoms. The van der Waals surface area contributed by atoms with Crippen LogP contribution in [0, 0.1) is 11.3 Å². The fourth-order valence-corrected chi connectivity index (χ4v) is 2.34. The number of allylic oxidation sites excluding steroid dienone is 1. The van der Waals surface area contributed by atoms with Crippen molar-refractivity contribution >= 4 is 38.9 Å². The van der Waals surface area contributed by atoms with Gasteiger partial charge in [-0.3, -0.25) is 0 Å². The van der Waals surface area contributed by atoms with Gasteiger partial charge in [-0.2, -0.15) is 5.26 Å². The number of thiophene rings is 1. The fraction of sp³-hybridized carbons (Fsp3) is 0.125. The van der Waals surface area contributed by atoms with E-state index < -0.39 is 9.84 Å². The molecule has 0 aliphatic carbocycles. The minimum Gasteiger partial charge on any atom is -0.223 e. The molecule has 0 fully saturated rings. The van der Waals surface area contributed by atoms with E-state index in [1.54, 1.807) is 18.2 Å². The van der Waals surface area contributed by atoms with Gasteiger partial charge in [-0.15, -0.1) is 11.3 Å². The Labute approximate surface area is 91.2 Å². The highest BCUT2D eigenvalue weighted by Gasteiger charge is 2.10. The molecule has 1 heterocycles. The van der Waals surface area contributed by atoms with E-state index in [4.69, 9.17) is 16.9 Å². The predicted octanol–water partition coefficient (Wildman–Crippen LogP) is 2.31. The first-order valence-electron chi connectivity index (χ1n) is 3.50. The fourth-order valence-electron chi connectivity index (χ4n) is 0.757. The van der Waals surface area contributed by atoms with Crippen molar-refractivity contribution in [2.24, 2.45) is 0 Å². The number of nitrogens with zero attached hydrogens (tertiary/aromatic N) is 1. The van der Waals surface area contributed by atoms with Gasteiger partial charge in [0.15, 0.2) is 9.84 Å². The third kappa shape index (κ3) is 2.84. The molecule has 1 rings (SSSR count). The summed E-state index contributed by atoms with van der Waals surface area (Å²) in [5.74, 6) is 0. The van der Waals surface area contributed by atoms with Crippen molar-refractivity contribution in [3.8, 4) is 6.07 Å². The second-order valence-corrected chi connectivity index (χ2v) is 6.27. The van der Waals surface area contributed by atoms with Crippen LogP contribution in [0.3, 0.4) is 0 Å². The molecule has 0 aromatic carbocycles. The summed E-state index contributed by atoms with van der Waals surface area (Å²) < 4.78 is 22.7. The van der Waals surface area contributed by atoms with Gasteiger partial charge in [0, 0.05) is 11.1 Å². The van der Waals surface area contributed by atoms with Crippen LogP contribution in [0.15, 0.2) is 17.0 Å². The number of nitriles is 1. The summed E-state index contributed by atoms with van der Waals surface area (Å²) in [6.45, 7) is 0. The van der Waals surface area contributed by atoms with Gasteiger partial charge in [0.05, 0.1) is 4.34 Å². The summed E-state index contributed by atoms with van der Waals surface area (Å²) in [6.07, 6.45) is 2.31. The van der Waals surface area contributed by atoms with E-state index in [2.05, 4.69) is 0 Å². The lowest BCUT2D eigenvalue weighted by Gasteiger charge is -1.91. The second-order valence-electron chi connectivity index (χ2n) is 2.53. The van der Waals surface area contributed by atoms with Crippen LogP contribution in [0.1, 0.15) is 4.88 Å². The van der Waals surface area contributed by atoms with Crippen LogP contribution < -0.4 is 0 Å². The quantitative estimate of drug-likeness (QED) is 0.754. The van der Waals surface area contributed by atoms with Crippen molar-refractivity contribution < 1.29 is 8.42 Å². The van der Waals surface area contributed by atoms with Crippen molar-refractivity contribution in [1.29, 1.82) is 5.26 Å². The first kappa shape index (κ1) is 11.2. The molecule has 0 saturated heterocycles. The van der Waals surface area contributed by atoms with E-state index >= 15 is 0 Å². The zero-order valence-corrected chi connectivity index (χ0v) is 9.58. The lowest BCUT2D eigenvalue weighted by molar-refractivity contribution is 0.609. The zero-order valence-electron chi connectivity index (χ0n) is 7.19. The van der Waals surface area contributed by atoms with Crippen molar-refractivity contribution in [3.05, 3.63) is 26.3 Å². The molecule has 0 saturated carbocycles. The average Bonchev–Trinajstić information content (AvgIpc) is 2.45. The Morgan fingerprint density at radius 3 is 2.64 bits per heavy atom. The van der Waals surface area contributed by atoms with Crippen LogP contribution in [-0.4, -0.2) is 14.7 Å². The van der Waals surface area contributed by atoms with Gasteiger partial charge in [-0.25, -0.2) is 8.42 Å². The molecule has 6 heteroatoms. The predicted molar refractivity (Wildman–Crippen MR) is 57.8 cm³/mol. The largest absolute Gasteiger partial charge is 0.223 e. The lowest BCUT2D eigenvalue weighted by atomic mass is 10.4. The Kier molecular flexibility index (Phi) is 3.32. The van der Waals surface area contributed by atoms with E-state index in [1.165, 1.54) is 17.4 Å². The standard InChI is InChI=1S/C8H6ClNO2S2/c1-14(11,12)7(5-10)4-6-2-3-8(9)13-6/h2-4H,1H3. The van der Waals surface area contributed by atoms with Gasteiger partial charge in [-0.1, -0.05) is 11.6 Å². The molecular weight excluding hydrogens is 242 g/mol. The third-order valence-corrected chi connectivity index (χ3v) is 3.56. The van der Waals surface area contributed by atoms with E-state index in [0.717, 1.165) is 6.26 Å². The molecule has 0 N–H and O–H groups in total. The van der Waals surface area contributed by atoms with Gasteiger partial charge in [0.25, 0.3) is 0 Å². The van der Waals surface area contributed by atoms with Crippen molar-refractivity contribution in [2.45, 2.75) is 0 Å². The highest BCUT2D eigenvalue weighted by molar-refractivity contribution is 7.95. The Balaban J connectivity index is 3.16. The van der Waals surface area contributed by atoms with Crippen LogP contribution in [0.2, 0.25) is 4.34 Å².